The summed E-state index contributed by atoms with van der Waals surface area (Å²) < 4.78 is 9.47. The fraction of sp³-hybridized carbons (Fsp3) is 0.333. The Morgan fingerprint density at radius 1 is 0.676 bits per heavy atom. The second kappa shape index (κ2) is 13.7. The van der Waals surface area contributed by atoms with E-state index < -0.39 is 24.0 Å². The van der Waals surface area contributed by atoms with Gasteiger partial charge in [-0.25, -0.2) is 9.59 Å². The van der Waals surface area contributed by atoms with Gasteiger partial charge in [0.1, 0.15) is 12.1 Å². The van der Waals surface area contributed by atoms with E-state index in [2.05, 4.69) is 10.6 Å². The number of esters is 2. The number of ether oxygens (including phenoxy) is 2. The number of nitrogens with one attached hydrogen (secondary N) is 2. The molecule has 2 aromatic carbocycles. The molecule has 0 saturated heterocycles. The van der Waals surface area contributed by atoms with Gasteiger partial charge in [0.15, 0.2) is 0 Å². The first-order valence-corrected chi connectivity index (χ1v) is 13.1. The zero-order chi connectivity index (χ0) is 25.1. The number of hydrogen-bond donors (Lipinski definition) is 2. The van der Waals surface area contributed by atoms with Crippen molar-refractivity contribution < 1.29 is 28.7 Å². The standard InChI is InChI=1S/C24H28N2O6S2/c1-31-23(29)19(13-33-3)25-21(27)17-9-5-15(6-10-17)16-7-11-18(12-8-16)22(28)26-20(14-34-4)24(30)32-2/h5-12,19-20H,13-14H2,1-4H3,(H,25,27)(H,26,28). The fourth-order valence-corrected chi connectivity index (χ4v) is 4.17. The number of thioether (sulfide) groups is 2. The zero-order valence-corrected chi connectivity index (χ0v) is 21.1. The SMILES string of the molecule is COC(=O)C(CSC)NC(=O)c1ccc(-c2ccc(C(=O)NC(CSC)C(=O)OC)cc2)cc1. The maximum absolute atomic E-state index is 12.5. The maximum atomic E-state index is 12.5. The first-order chi connectivity index (χ1) is 16.3. The van der Waals surface area contributed by atoms with Gasteiger partial charge in [-0.2, -0.15) is 23.5 Å². The van der Waals surface area contributed by atoms with Gasteiger partial charge >= 0.3 is 11.9 Å². The molecule has 0 bridgehead atoms. The molecule has 34 heavy (non-hydrogen) atoms. The first kappa shape index (κ1) is 27.3. The molecule has 0 radical (unpaired) electrons. The van der Waals surface area contributed by atoms with Crippen LogP contribution in [-0.4, -0.2) is 74.1 Å². The highest BCUT2D eigenvalue weighted by molar-refractivity contribution is 7.98. The summed E-state index contributed by atoms with van der Waals surface area (Å²) in [4.78, 5) is 48.7. The molecule has 0 heterocycles. The summed E-state index contributed by atoms with van der Waals surface area (Å²) in [5.74, 6) is -0.895. The molecule has 0 aliphatic heterocycles. The van der Waals surface area contributed by atoms with Gasteiger partial charge in [0, 0.05) is 22.6 Å². The lowest BCUT2D eigenvalue weighted by molar-refractivity contribution is -0.143. The number of carbonyl (C=O) groups excluding carboxylic acids is 4. The molecule has 0 aliphatic rings. The lowest BCUT2D eigenvalue weighted by Gasteiger charge is -2.16. The Morgan fingerprint density at radius 3 is 1.26 bits per heavy atom. The molecule has 2 N–H and O–H groups in total. The smallest absolute Gasteiger partial charge is 0.329 e. The molecule has 8 nitrogen and oxygen atoms in total. The van der Waals surface area contributed by atoms with Gasteiger partial charge in [0.05, 0.1) is 14.2 Å². The van der Waals surface area contributed by atoms with E-state index in [9.17, 15) is 19.2 Å². The van der Waals surface area contributed by atoms with Crippen LogP contribution in [-0.2, 0) is 19.1 Å². The lowest BCUT2D eigenvalue weighted by Crippen LogP contribution is -2.43. The molecule has 0 fully saturated rings. The topological polar surface area (TPSA) is 111 Å². The largest absolute Gasteiger partial charge is 0.467 e. The summed E-state index contributed by atoms with van der Waals surface area (Å²) in [5.41, 5.74) is 2.54. The highest BCUT2D eigenvalue weighted by atomic mass is 32.2. The Hall–Kier alpha value is -2.98. The third-order valence-corrected chi connectivity index (χ3v) is 6.21. The van der Waals surface area contributed by atoms with Crippen molar-refractivity contribution in [2.24, 2.45) is 0 Å². The number of hydrogen-bond acceptors (Lipinski definition) is 8. The Balaban J connectivity index is 2.07. The molecule has 10 heteroatoms. The number of methoxy groups -OCH3 is 2. The summed E-state index contributed by atoms with van der Waals surface area (Å²) in [6, 6.07) is 12.4. The summed E-state index contributed by atoms with van der Waals surface area (Å²) in [6.45, 7) is 0. The van der Waals surface area contributed by atoms with Crippen LogP contribution in [0, 0.1) is 0 Å². The molecular weight excluding hydrogens is 476 g/mol. The number of carbonyl (C=O) groups is 4. The van der Waals surface area contributed by atoms with Crippen LogP contribution in [0.4, 0.5) is 0 Å². The summed E-state index contributed by atoms with van der Waals surface area (Å²) in [5, 5.41) is 5.37. The third kappa shape index (κ3) is 7.53. The van der Waals surface area contributed by atoms with E-state index in [-0.39, 0.29) is 11.8 Å². The molecule has 2 unspecified atom stereocenters. The molecule has 182 valence electrons. The maximum Gasteiger partial charge on any atom is 0.329 e. The van der Waals surface area contributed by atoms with Crippen LogP contribution in [0.25, 0.3) is 11.1 Å². The molecule has 0 saturated carbocycles. The number of rotatable bonds is 11. The van der Waals surface area contributed by atoms with Crippen molar-refractivity contribution in [1.29, 1.82) is 0 Å². The van der Waals surface area contributed by atoms with E-state index >= 15 is 0 Å². The highest BCUT2D eigenvalue weighted by Gasteiger charge is 2.22. The van der Waals surface area contributed by atoms with E-state index in [0.29, 0.717) is 22.6 Å². The zero-order valence-electron chi connectivity index (χ0n) is 19.5. The fourth-order valence-electron chi connectivity index (χ4n) is 3.07. The molecule has 2 amide bonds. The van der Waals surface area contributed by atoms with Crippen molar-refractivity contribution in [3.8, 4) is 11.1 Å². The van der Waals surface area contributed by atoms with Crippen LogP contribution in [0.1, 0.15) is 20.7 Å². The second-order valence-electron chi connectivity index (χ2n) is 7.16. The van der Waals surface area contributed by atoms with E-state index in [1.54, 1.807) is 48.5 Å². The van der Waals surface area contributed by atoms with Gasteiger partial charge in [0.2, 0.25) is 0 Å². The molecular formula is C24H28N2O6S2. The lowest BCUT2D eigenvalue weighted by atomic mass is 10.0. The van der Waals surface area contributed by atoms with E-state index in [1.165, 1.54) is 37.7 Å². The van der Waals surface area contributed by atoms with E-state index in [0.717, 1.165) is 11.1 Å². The summed E-state index contributed by atoms with van der Waals surface area (Å²) >= 11 is 2.87. The van der Waals surface area contributed by atoms with Crippen LogP contribution in [0.2, 0.25) is 0 Å². The Kier molecular flexibility index (Phi) is 11.0. The quantitative estimate of drug-likeness (QED) is 0.450. The van der Waals surface area contributed by atoms with Crippen molar-refractivity contribution in [3.05, 3.63) is 59.7 Å². The van der Waals surface area contributed by atoms with Crippen LogP contribution >= 0.6 is 23.5 Å². The van der Waals surface area contributed by atoms with Crippen molar-refractivity contribution in [1.82, 2.24) is 10.6 Å². The molecule has 0 aromatic heterocycles. The highest BCUT2D eigenvalue weighted by Crippen LogP contribution is 2.21. The predicted molar refractivity (Wildman–Crippen MR) is 135 cm³/mol. The van der Waals surface area contributed by atoms with Crippen molar-refractivity contribution in [2.45, 2.75) is 12.1 Å². The van der Waals surface area contributed by atoms with Crippen molar-refractivity contribution in [2.75, 3.05) is 38.2 Å². The predicted octanol–water partition coefficient (Wildman–Crippen LogP) is 2.62. The summed E-state index contributed by atoms with van der Waals surface area (Å²) in [7, 11) is 2.57. The van der Waals surface area contributed by atoms with Gasteiger partial charge in [-0.3, -0.25) is 9.59 Å². The van der Waals surface area contributed by atoms with Gasteiger partial charge in [0.25, 0.3) is 11.8 Å². The number of benzene rings is 2. The average molecular weight is 505 g/mol. The normalized spacial score (nSPS) is 12.2. The molecule has 0 spiro atoms. The van der Waals surface area contributed by atoms with Crippen molar-refractivity contribution in [3.63, 3.8) is 0 Å². The van der Waals surface area contributed by atoms with Crippen LogP contribution < -0.4 is 10.6 Å². The van der Waals surface area contributed by atoms with E-state index in [4.69, 9.17) is 9.47 Å². The Labute approximate surface area is 207 Å². The Morgan fingerprint density at radius 2 is 1.00 bits per heavy atom. The van der Waals surface area contributed by atoms with Crippen LogP contribution in [0.5, 0.6) is 0 Å². The van der Waals surface area contributed by atoms with Gasteiger partial charge in [-0.05, 0) is 47.9 Å². The first-order valence-electron chi connectivity index (χ1n) is 10.3. The van der Waals surface area contributed by atoms with Gasteiger partial charge in [-0.15, -0.1) is 0 Å². The average Bonchev–Trinajstić information content (AvgIpc) is 2.87. The van der Waals surface area contributed by atoms with Crippen molar-refractivity contribution >= 4 is 47.3 Å². The third-order valence-electron chi connectivity index (χ3n) is 4.88. The van der Waals surface area contributed by atoms with Crippen LogP contribution in [0.3, 0.4) is 0 Å². The van der Waals surface area contributed by atoms with Gasteiger partial charge < -0.3 is 20.1 Å². The minimum absolute atomic E-state index is 0.367. The summed E-state index contributed by atoms with van der Waals surface area (Å²) in [6.07, 6.45) is 3.68. The molecule has 0 aliphatic carbocycles. The molecule has 2 rings (SSSR count). The second-order valence-corrected chi connectivity index (χ2v) is 8.99. The van der Waals surface area contributed by atoms with E-state index in [1.807, 2.05) is 12.5 Å². The van der Waals surface area contributed by atoms with Crippen LogP contribution in [0.15, 0.2) is 48.5 Å². The minimum Gasteiger partial charge on any atom is -0.467 e. The minimum atomic E-state index is -0.722. The number of amides is 2. The Bertz CT molecular complexity index is 914. The molecule has 2 atom stereocenters. The molecule has 2 aromatic rings. The van der Waals surface area contributed by atoms with Gasteiger partial charge in [-0.1, -0.05) is 24.3 Å². The monoisotopic (exact) mass is 504 g/mol.